The third kappa shape index (κ3) is 2.37. The highest BCUT2D eigenvalue weighted by atomic mass is 32.2. The summed E-state index contributed by atoms with van der Waals surface area (Å²) in [6, 6.07) is 0. The molecule has 7 fully saturated rings. The van der Waals surface area contributed by atoms with Gasteiger partial charge in [0.25, 0.3) is 11.8 Å². The molecule has 6 saturated carbocycles. The maximum absolute atomic E-state index is 13.3. The average Bonchev–Trinajstić information content (AvgIpc) is 3.61. The van der Waals surface area contributed by atoms with E-state index in [-0.39, 0.29) is 53.3 Å². The molecule has 2 amide bonds. The Morgan fingerprint density at radius 1 is 0.941 bits per heavy atom. The van der Waals surface area contributed by atoms with Crippen LogP contribution in [0.3, 0.4) is 0 Å². The molecule has 6 bridgehead atoms. The fourth-order valence-corrected chi connectivity index (χ4v) is 11.3. The molecule has 0 aromatic heterocycles. The zero-order valence-corrected chi connectivity index (χ0v) is 21.2. The maximum Gasteiger partial charge on any atom is 0.328 e. The van der Waals surface area contributed by atoms with Crippen LogP contribution < -0.4 is 0 Å². The van der Waals surface area contributed by atoms with Gasteiger partial charge in [-0.1, -0.05) is 27.7 Å². The van der Waals surface area contributed by atoms with E-state index in [0.717, 1.165) is 24.3 Å². The zero-order valence-electron chi connectivity index (χ0n) is 20.4. The van der Waals surface area contributed by atoms with Gasteiger partial charge in [0.1, 0.15) is 5.78 Å². The van der Waals surface area contributed by atoms with Crippen LogP contribution in [0.25, 0.3) is 0 Å². The van der Waals surface area contributed by atoms with Crippen LogP contribution in [0.4, 0.5) is 0 Å². The van der Waals surface area contributed by atoms with Gasteiger partial charge in [-0.25, -0.2) is 0 Å². The number of hydroxylamine groups is 2. The van der Waals surface area contributed by atoms with Crippen molar-refractivity contribution in [3.63, 3.8) is 0 Å². The lowest BCUT2D eigenvalue weighted by Gasteiger charge is -2.43. The molecule has 13 unspecified atom stereocenters. The second-order valence-electron chi connectivity index (χ2n) is 13.2. The number of imide groups is 1. The summed E-state index contributed by atoms with van der Waals surface area (Å²) in [5.41, 5.74) is -0.870. The molecule has 7 rings (SSSR count). The molecule has 34 heavy (non-hydrogen) atoms. The minimum Gasteiger partial charge on any atom is -0.299 e. The first-order valence-electron chi connectivity index (χ1n) is 13.2. The molecule has 8 heteroatoms. The first-order valence-corrected chi connectivity index (χ1v) is 14.2. The van der Waals surface area contributed by atoms with Crippen molar-refractivity contribution in [2.45, 2.75) is 59.8 Å². The fraction of sp³-hybridized carbons (Fsp3) is 0.885. The smallest absolute Gasteiger partial charge is 0.299 e. The van der Waals surface area contributed by atoms with Crippen LogP contribution in [-0.4, -0.2) is 33.5 Å². The molecular formula is C26H35NO6S. The lowest BCUT2D eigenvalue weighted by atomic mass is 9.60. The van der Waals surface area contributed by atoms with Crippen LogP contribution in [0.15, 0.2) is 0 Å². The summed E-state index contributed by atoms with van der Waals surface area (Å²) < 4.78 is 23.6. The minimum atomic E-state index is -2.30. The van der Waals surface area contributed by atoms with Gasteiger partial charge in [0, 0.05) is 6.42 Å². The average molecular weight is 490 g/mol. The summed E-state index contributed by atoms with van der Waals surface area (Å²) in [4.78, 5) is 39.4. The van der Waals surface area contributed by atoms with Crippen molar-refractivity contribution in [3.8, 4) is 0 Å². The number of fused-ring (bicyclic) bond motifs is 14. The quantitative estimate of drug-likeness (QED) is 0.435. The topological polar surface area (TPSA) is 90.0 Å². The summed E-state index contributed by atoms with van der Waals surface area (Å²) in [7, 11) is 0. The summed E-state index contributed by atoms with van der Waals surface area (Å²) >= 11 is -2.30. The highest BCUT2D eigenvalue weighted by Crippen LogP contribution is 2.73. The molecule has 0 N–H and O–H groups in total. The molecule has 7 nitrogen and oxygen atoms in total. The standard InChI is InChI=1S/C26H35NO6S/c1-11-12(2)15-8-14(11)19-16-9-17(20(15)19)22-21(16)23(29)27(24(22)30)33-34(31)32-10-26-6-5-13(7-18(26)28)25(26,3)4/h11-17,19-22H,5-10H2,1-4H3. The second-order valence-corrected chi connectivity index (χ2v) is 14.0. The summed E-state index contributed by atoms with van der Waals surface area (Å²) in [5, 5.41) is 0.761. The molecule has 6 aliphatic carbocycles. The SMILES string of the molecule is CC1C(C)C2CC1C1C3CC(C4C(=O)N(OS(=O)OCC56CCC(CC5=O)C6(C)C)C(=O)C34)C21. The Kier molecular flexibility index (Phi) is 4.42. The Morgan fingerprint density at radius 2 is 1.50 bits per heavy atom. The number of carbonyl (C=O) groups is 3. The molecule has 186 valence electrons. The summed E-state index contributed by atoms with van der Waals surface area (Å²) in [5.74, 6) is 3.44. The Bertz CT molecular complexity index is 983. The summed E-state index contributed by atoms with van der Waals surface area (Å²) in [6.07, 6.45) is 4.45. The van der Waals surface area contributed by atoms with Gasteiger partial charge >= 0.3 is 11.4 Å². The monoisotopic (exact) mass is 489 g/mol. The van der Waals surface area contributed by atoms with E-state index >= 15 is 0 Å². The Balaban J connectivity index is 1.06. The van der Waals surface area contributed by atoms with Crippen molar-refractivity contribution in [2.75, 3.05) is 6.61 Å². The number of amides is 2. The van der Waals surface area contributed by atoms with Crippen LogP contribution in [0, 0.1) is 75.9 Å². The van der Waals surface area contributed by atoms with E-state index in [1.807, 2.05) is 0 Å². The van der Waals surface area contributed by atoms with Crippen LogP contribution in [0.1, 0.15) is 59.8 Å². The van der Waals surface area contributed by atoms with E-state index in [2.05, 4.69) is 27.7 Å². The summed E-state index contributed by atoms with van der Waals surface area (Å²) in [6.45, 7) is 8.88. The van der Waals surface area contributed by atoms with Crippen molar-refractivity contribution >= 4 is 29.0 Å². The molecule has 13 atom stereocenters. The van der Waals surface area contributed by atoms with E-state index < -0.39 is 16.8 Å². The minimum absolute atomic E-state index is 0.000439. The van der Waals surface area contributed by atoms with Crippen molar-refractivity contribution in [1.29, 1.82) is 0 Å². The van der Waals surface area contributed by atoms with Crippen molar-refractivity contribution in [1.82, 2.24) is 5.06 Å². The van der Waals surface area contributed by atoms with E-state index in [4.69, 9.17) is 8.47 Å². The van der Waals surface area contributed by atoms with Gasteiger partial charge in [0.05, 0.1) is 23.9 Å². The van der Waals surface area contributed by atoms with E-state index in [1.54, 1.807) is 0 Å². The Morgan fingerprint density at radius 3 is 2.00 bits per heavy atom. The number of rotatable bonds is 5. The Labute approximate surface area is 203 Å². The molecule has 7 aliphatic rings. The van der Waals surface area contributed by atoms with Gasteiger partial charge < -0.3 is 0 Å². The first-order chi connectivity index (χ1) is 16.1. The van der Waals surface area contributed by atoms with Crippen LogP contribution >= 0.6 is 0 Å². The van der Waals surface area contributed by atoms with Gasteiger partial charge in [0.15, 0.2) is 0 Å². The second kappa shape index (κ2) is 6.80. The number of Topliss-reactive ketones (excluding diaryl/α,β-unsaturated/α-hetero) is 1. The maximum atomic E-state index is 13.3. The lowest BCUT2D eigenvalue weighted by Crippen LogP contribution is -2.43. The number of hydrogen-bond acceptors (Lipinski definition) is 6. The number of ketones is 1. The number of hydrogen-bond donors (Lipinski definition) is 0. The molecule has 0 aromatic rings. The van der Waals surface area contributed by atoms with Gasteiger partial charge in [-0.3, -0.25) is 18.6 Å². The molecule has 0 spiro atoms. The van der Waals surface area contributed by atoms with Gasteiger partial charge in [-0.05, 0) is 84.4 Å². The van der Waals surface area contributed by atoms with Crippen molar-refractivity contribution < 1.29 is 27.1 Å². The van der Waals surface area contributed by atoms with E-state index in [9.17, 15) is 18.6 Å². The van der Waals surface area contributed by atoms with Gasteiger partial charge in [0.2, 0.25) is 0 Å². The molecule has 1 saturated heterocycles. The number of carbonyl (C=O) groups excluding carboxylic acids is 3. The van der Waals surface area contributed by atoms with Gasteiger partial charge in [-0.15, -0.1) is 9.35 Å². The molecule has 1 aliphatic heterocycles. The van der Waals surface area contributed by atoms with Crippen LogP contribution in [0.5, 0.6) is 0 Å². The molecule has 1 heterocycles. The third-order valence-corrected chi connectivity index (χ3v) is 13.2. The molecular weight excluding hydrogens is 454 g/mol. The van der Waals surface area contributed by atoms with Gasteiger partial charge in [-0.2, -0.15) is 4.21 Å². The highest BCUT2D eigenvalue weighted by molar-refractivity contribution is 7.75. The van der Waals surface area contributed by atoms with E-state index in [1.165, 1.54) is 6.42 Å². The normalized spacial score (nSPS) is 54.4. The lowest BCUT2D eigenvalue weighted by molar-refractivity contribution is -0.167. The third-order valence-electron chi connectivity index (χ3n) is 12.6. The largest absolute Gasteiger partial charge is 0.328 e. The van der Waals surface area contributed by atoms with Crippen molar-refractivity contribution in [2.24, 2.45) is 75.9 Å². The molecule has 0 radical (unpaired) electrons. The predicted octanol–water partition coefficient (Wildman–Crippen LogP) is 3.31. The number of nitrogens with zero attached hydrogens (tertiary/aromatic N) is 1. The van der Waals surface area contributed by atoms with E-state index in [0.29, 0.717) is 47.8 Å². The first kappa shape index (κ1) is 22.1. The van der Waals surface area contributed by atoms with Crippen LogP contribution in [0.2, 0.25) is 0 Å². The fourth-order valence-electron chi connectivity index (χ4n) is 10.7. The highest BCUT2D eigenvalue weighted by Gasteiger charge is 2.74. The predicted molar refractivity (Wildman–Crippen MR) is 121 cm³/mol. The molecule has 0 aromatic carbocycles. The van der Waals surface area contributed by atoms with Crippen LogP contribution in [-0.2, 0) is 34.2 Å². The Hall–Kier alpha value is -1.12. The zero-order chi connectivity index (χ0) is 23.9. The van der Waals surface area contributed by atoms with Crippen molar-refractivity contribution in [3.05, 3.63) is 0 Å².